The Morgan fingerprint density at radius 1 is 1.89 bits per heavy atom. The molecule has 0 aliphatic heterocycles. The summed E-state index contributed by atoms with van der Waals surface area (Å²) in [6, 6.07) is 0. The number of alkyl halides is 1. The molecule has 0 bridgehead atoms. The molecule has 0 saturated heterocycles. The van der Waals surface area contributed by atoms with Gasteiger partial charge in [0.2, 0.25) is 0 Å². The lowest BCUT2D eigenvalue weighted by atomic mass is 10.2. The Kier molecular flexibility index (Phi) is 1.90. The van der Waals surface area contributed by atoms with E-state index < -0.39 is 5.97 Å². The highest BCUT2D eigenvalue weighted by molar-refractivity contribution is 9.09. The number of rotatable bonds is 1. The summed E-state index contributed by atoms with van der Waals surface area (Å²) in [5.41, 5.74) is 0.539. The van der Waals surface area contributed by atoms with Gasteiger partial charge < -0.3 is 5.11 Å². The first-order chi connectivity index (χ1) is 4.20. The van der Waals surface area contributed by atoms with E-state index in [1.807, 2.05) is 0 Å². The van der Waals surface area contributed by atoms with Crippen molar-refractivity contribution < 1.29 is 9.90 Å². The zero-order valence-electron chi connectivity index (χ0n) is 4.80. The molecular formula is C6H7BrO2. The zero-order valence-corrected chi connectivity index (χ0v) is 6.39. The Morgan fingerprint density at radius 2 is 2.56 bits per heavy atom. The molecular weight excluding hydrogens is 184 g/mol. The van der Waals surface area contributed by atoms with Crippen molar-refractivity contribution in [2.75, 3.05) is 0 Å². The lowest BCUT2D eigenvalue weighted by molar-refractivity contribution is -0.132. The minimum atomic E-state index is -0.781. The number of carboxylic acid groups (broad SMARTS) is 1. The zero-order chi connectivity index (χ0) is 6.85. The molecule has 9 heavy (non-hydrogen) atoms. The van der Waals surface area contributed by atoms with Gasteiger partial charge in [-0.15, -0.1) is 0 Å². The third-order valence-corrected chi connectivity index (χ3v) is 2.07. The second-order valence-corrected chi connectivity index (χ2v) is 3.23. The van der Waals surface area contributed by atoms with Gasteiger partial charge in [-0.05, 0) is 12.8 Å². The van der Waals surface area contributed by atoms with Crippen LogP contribution in [0.25, 0.3) is 0 Å². The van der Waals surface area contributed by atoms with Gasteiger partial charge >= 0.3 is 5.97 Å². The first-order valence-corrected chi connectivity index (χ1v) is 3.70. The minimum absolute atomic E-state index is 0.281. The van der Waals surface area contributed by atoms with Crippen molar-refractivity contribution in [2.45, 2.75) is 17.7 Å². The van der Waals surface area contributed by atoms with Crippen LogP contribution in [0.15, 0.2) is 11.6 Å². The molecule has 1 aliphatic carbocycles. The summed E-state index contributed by atoms with van der Waals surface area (Å²) in [5.74, 6) is -0.781. The molecule has 3 heteroatoms. The predicted molar refractivity (Wildman–Crippen MR) is 37.7 cm³/mol. The number of hydrogen-bond donors (Lipinski definition) is 1. The number of carboxylic acids is 1. The standard InChI is InChI=1S/C6H7BrO2/c7-5-2-1-4(3-5)6(8)9/h3,5H,1-2H2,(H,8,9). The quantitative estimate of drug-likeness (QED) is 0.638. The maximum Gasteiger partial charge on any atom is 0.331 e. The van der Waals surface area contributed by atoms with E-state index in [1.54, 1.807) is 6.08 Å². The molecule has 50 valence electrons. The summed E-state index contributed by atoms with van der Waals surface area (Å²) in [4.78, 5) is 10.5. The topological polar surface area (TPSA) is 37.3 Å². The minimum Gasteiger partial charge on any atom is -0.478 e. The van der Waals surface area contributed by atoms with Gasteiger partial charge in [0.1, 0.15) is 0 Å². The highest BCUT2D eigenvalue weighted by Crippen LogP contribution is 2.23. The third-order valence-electron chi connectivity index (χ3n) is 1.35. The van der Waals surface area contributed by atoms with Gasteiger partial charge in [0.15, 0.2) is 0 Å². The summed E-state index contributed by atoms with van der Waals surface area (Å²) < 4.78 is 0. The average molecular weight is 191 g/mol. The summed E-state index contributed by atoms with van der Waals surface area (Å²) in [7, 11) is 0. The molecule has 0 saturated carbocycles. The van der Waals surface area contributed by atoms with E-state index >= 15 is 0 Å². The molecule has 1 N–H and O–H groups in total. The fourth-order valence-corrected chi connectivity index (χ4v) is 1.40. The molecule has 0 aromatic rings. The lowest BCUT2D eigenvalue weighted by Gasteiger charge is -1.87. The fourth-order valence-electron chi connectivity index (χ4n) is 0.857. The van der Waals surface area contributed by atoms with E-state index in [4.69, 9.17) is 5.11 Å². The van der Waals surface area contributed by atoms with Gasteiger partial charge in [-0.1, -0.05) is 22.0 Å². The number of aliphatic carboxylic acids is 1. The molecule has 0 aromatic carbocycles. The molecule has 0 heterocycles. The van der Waals surface area contributed by atoms with Crippen molar-refractivity contribution in [3.05, 3.63) is 11.6 Å². The van der Waals surface area contributed by atoms with Crippen LogP contribution in [0, 0.1) is 0 Å². The van der Waals surface area contributed by atoms with E-state index in [2.05, 4.69) is 15.9 Å². The maximum absolute atomic E-state index is 10.3. The Labute approximate surface area is 61.7 Å². The largest absolute Gasteiger partial charge is 0.478 e. The van der Waals surface area contributed by atoms with Crippen molar-refractivity contribution in [1.82, 2.24) is 0 Å². The Bertz CT molecular complexity index is 162. The molecule has 0 aromatic heterocycles. The smallest absolute Gasteiger partial charge is 0.331 e. The number of allylic oxidation sites excluding steroid dienone is 1. The van der Waals surface area contributed by atoms with E-state index in [-0.39, 0.29) is 4.83 Å². The molecule has 2 nitrogen and oxygen atoms in total. The summed E-state index contributed by atoms with van der Waals surface area (Å²) in [5, 5.41) is 8.44. The van der Waals surface area contributed by atoms with Crippen LogP contribution in [-0.4, -0.2) is 15.9 Å². The Hall–Kier alpha value is -0.310. The number of hydrogen-bond acceptors (Lipinski definition) is 1. The molecule has 1 aliphatic rings. The number of carbonyl (C=O) groups is 1. The fraction of sp³-hybridized carbons (Fsp3) is 0.500. The SMILES string of the molecule is O=C(O)C1=CC(Br)CC1. The van der Waals surface area contributed by atoms with E-state index in [9.17, 15) is 4.79 Å². The van der Waals surface area contributed by atoms with Gasteiger partial charge in [-0.25, -0.2) is 4.79 Å². The second kappa shape index (κ2) is 2.52. The van der Waals surface area contributed by atoms with Crippen LogP contribution >= 0.6 is 15.9 Å². The predicted octanol–water partition coefficient (Wildman–Crippen LogP) is 1.55. The molecule has 1 rings (SSSR count). The van der Waals surface area contributed by atoms with Gasteiger partial charge in [0.05, 0.1) is 0 Å². The molecule has 0 amide bonds. The van der Waals surface area contributed by atoms with Crippen molar-refractivity contribution in [2.24, 2.45) is 0 Å². The van der Waals surface area contributed by atoms with Crippen molar-refractivity contribution in [3.63, 3.8) is 0 Å². The summed E-state index contributed by atoms with van der Waals surface area (Å²) >= 11 is 3.31. The van der Waals surface area contributed by atoms with Crippen LogP contribution < -0.4 is 0 Å². The van der Waals surface area contributed by atoms with E-state index in [0.29, 0.717) is 12.0 Å². The lowest BCUT2D eigenvalue weighted by Crippen LogP contribution is -1.95. The van der Waals surface area contributed by atoms with E-state index in [0.717, 1.165) is 6.42 Å². The highest BCUT2D eigenvalue weighted by Gasteiger charge is 2.17. The van der Waals surface area contributed by atoms with Gasteiger partial charge in [-0.2, -0.15) is 0 Å². The molecule has 0 radical (unpaired) electrons. The summed E-state index contributed by atoms with van der Waals surface area (Å²) in [6.07, 6.45) is 3.37. The van der Waals surface area contributed by atoms with Crippen LogP contribution in [0.2, 0.25) is 0 Å². The first-order valence-electron chi connectivity index (χ1n) is 2.78. The van der Waals surface area contributed by atoms with Crippen LogP contribution in [0.1, 0.15) is 12.8 Å². The van der Waals surface area contributed by atoms with Crippen LogP contribution in [0.5, 0.6) is 0 Å². The Morgan fingerprint density at radius 3 is 2.78 bits per heavy atom. The third kappa shape index (κ3) is 1.55. The second-order valence-electron chi connectivity index (χ2n) is 2.05. The molecule has 0 spiro atoms. The molecule has 1 atom stereocenters. The van der Waals surface area contributed by atoms with Gasteiger partial charge in [0, 0.05) is 10.4 Å². The normalized spacial score (nSPS) is 25.9. The molecule has 1 unspecified atom stereocenters. The van der Waals surface area contributed by atoms with Crippen molar-refractivity contribution in [3.8, 4) is 0 Å². The summed E-state index contributed by atoms with van der Waals surface area (Å²) in [6.45, 7) is 0. The van der Waals surface area contributed by atoms with Gasteiger partial charge in [0.25, 0.3) is 0 Å². The average Bonchev–Trinajstić information content (AvgIpc) is 2.14. The molecule has 0 fully saturated rings. The monoisotopic (exact) mass is 190 g/mol. The highest BCUT2D eigenvalue weighted by atomic mass is 79.9. The van der Waals surface area contributed by atoms with Crippen molar-refractivity contribution >= 4 is 21.9 Å². The number of halogens is 1. The van der Waals surface area contributed by atoms with Crippen LogP contribution in [0.3, 0.4) is 0 Å². The van der Waals surface area contributed by atoms with Gasteiger partial charge in [-0.3, -0.25) is 0 Å². The van der Waals surface area contributed by atoms with Crippen LogP contribution in [-0.2, 0) is 4.79 Å². The van der Waals surface area contributed by atoms with Crippen LogP contribution in [0.4, 0.5) is 0 Å². The maximum atomic E-state index is 10.3. The van der Waals surface area contributed by atoms with E-state index in [1.165, 1.54) is 0 Å². The van der Waals surface area contributed by atoms with Crippen molar-refractivity contribution in [1.29, 1.82) is 0 Å². The Balaban J connectivity index is 2.62. The first kappa shape index (κ1) is 6.81.